The lowest BCUT2D eigenvalue weighted by Gasteiger charge is -2.09. The van der Waals surface area contributed by atoms with Crippen molar-refractivity contribution in [2.45, 2.75) is 5.03 Å². The molecule has 1 N–H and O–H groups in total. The first-order valence-corrected chi connectivity index (χ1v) is 8.02. The molecule has 1 amide bonds. The van der Waals surface area contributed by atoms with E-state index < -0.39 is 0 Å². The maximum atomic E-state index is 13.1. The molecule has 0 saturated carbocycles. The molecule has 1 heterocycles. The van der Waals surface area contributed by atoms with Crippen LogP contribution in [0.3, 0.4) is 0 Å². The summed E-state index contributed by atoms with van der Waals surface area (Å²) in [6.07, 6.45) is 0. The number of rotatable bonds is 4. The van der Waals surface area contributed by atoms with Gasteiger partial charge in [-0.25, -0.2) is 4.39 Å². The van der Waals surface area contributed by atoms with Crippen molar-refractivity contribution in [1.29, 1.82) is 0 Å². The van der Waals surface area contributed by atoms with Crippen LogP contribution in [0.5, 0.6) is 0 Å². The monoisotopic (exact) mass is 327 g/mol. The van der Waals surface area contributed by atoms with E-state index in [0.29, 0.717) is 10.7 Å². The van der Waals surface area contributed by atoms with E-state index in [1.54, 1.807) is 19.2 Å². The summed E-state index contributed by atoms with van der Waals surface area (Å²) in [5, 5.41) is 13.7. The summed E-state index contributed by atoms with van der Waals surface area (Å²) in [6.45, 7) is 0. The zero-order chi connectivity index (χ0) is 16.2. The summed E-state index contributed by atoms with van der Waals surface area (Å²) < 4.78 is 13.1. The highest BCUT2D eigenvalue weighted by atomic mass is 32.2. The molecule has 0 saturated heterocycles. The number of halogens is 1. The molecule has 3 aromatic rings. The third-order valence-electron chi connectivity index (χ3n) is 3.39. The van der Waals surface area contributed by atoms with Gasteiger partial charge in [-0.05, 0) is 24.3 Å². The topological polar surface area (TPSA) is 54.9 Å². The largest absolute Gasteiger partial charge is 0.358 e. The molecule has 0 aliphatic heterocycles. The van der Waals surface area contributed by atoms with Gasteiger partial charge in [0, 0.05) is 23.4 Å². The first-order valence-electron chi connectivity index (χ1n) is 7.04. The maximum Gasteiger partial charge on any atom is 0.230 e. The Bertz CT molecular complexity index is 852. The molecule has 0 bridgehead atoms. The highest BCUT2D eigenvalue weighted by Crippen LogP contribution is 2.31. The number of carbonyl (C=O) groups is 1. The number of amides is 1. The number of fused-ring (bicyclic) bond motifs is 1. The molecular formula is C17H14FN3OS. The normalized spacial score (nSPS) is 10.7. The molecule has 0 fully saturated rings. The van der Waals surface area contributed by atoms with E-state index in [2.05, 4.69) is 15.5 Å². The summed E-state index contributed by atoms with van der Waals surface area (Å²) in [5.41, 5.74) is 1.50. The van der Waals surface area contributed by atoms with Crippen LogP contribution in [0.1, 0.15) is 0 Å². The SMILES string of the molecule is CNC(=O)CSc1nnc(-c2ccc(F)cc2)c2ccccc12. The number of hydrogen-bond donors (Lipinski definition) is 1. The van der Waals surface area contributed by atoms with Gasteiger partial charge in [0.15, 0.2) is 0 Å². The fourth-order valence-corrected chi connectivity index (χ4v) is 3.06. The number of thioether (sulfide) groups is 1. The van der Waals surface area contributed by atoms with Crippen molar-refractivity contribution in [1.82, 2.24) is 15.5 Å². The minimum absolute atomic E-state index is 0.0662. The third-order valence-corrected chi connectivity index (χ3v) is 4.37. The second-order valence-corrected chi connectivity index (χ2v) is 5.83. The lowest BCUT2D eigenvalue weighted by Crippen LogP contribution is -2.19. The van der Waals surface area contributed by atoms with Crippen LogP contribution < -0.4 is 5.32 Å². The Balaban J connectivity index is 2.05. The van der Waals surface area contributed by atoms with Crippen LogP contribution >= 0.6 is 11.8 Å². The number of carbonyl (C=O) groups excluding carboxylic acids is 1. The summed E-state index contributed by atoms with van der Waals surface area (Å²) in [6, 6.07) is 13.9. The Morgan fingerprint density at radius 1 is 1.09 bits per heavy atom. The summed E-state index contributed by atoms with van der Waals surface area (Å²) in [7, 11) is 1.60. The Kier molecular flexibility index (Phi) is 4.52. The highest BCUT2D eigenvalue weighted by molar-refractivity contribution is 8.00. The van der Waals surface area contributed by atoms with Gasteiger partial charge in [-0.2, -0.15) is 0 Å². The second-order valence-electron chi connectivity index (χ2n) is 4.87. The number of benzene rings is 2. The summed E-state index contributed by atoms with van der Waals surface area (Å²) in [4.78, 5) is 11.4. The minimum Gasteiger partial charge on any atom is -0.358 e. The molecular weight excluding hydrogens is 313 g/mol. The zero-order valence-corrected chi connectivity index (χ0v) is 13.2. The van der Waals surface area contributed by atoms with Gasteiger partial charge in [0.2, 0.25) is 5.91 Å². The van der Waals surface area contributed by atoms with Crippen LogP contribution in [-0.4, -0.2) is 28.9 Å². The molecule has 0 radical (unpaired) electrons. The second kappa shape index (κ2) is 6.75. The number of hydrogen-bond acceptors (Lipinski definition) is 4. The molecule has 0 unspecified atom stereocenters. The molecule has 0 spiro atoms. The van der Waals surface area contributed by atoms with Crippen LogP contribution in [0, 0.1) is 5.82 Å². The first kappa shape index (κ1) is 15.4. The van der Waals surface area contributed by atoms with Crippen molar-refractivity contribution >= 4 is 28.4 Å². The Morgan fingerprint density at radius 3 is 2.48 bits per heavy atom. The van der Waals surface area contributed by atoms with Crippen LogP contribution in [0.4, 0.5) is 4.39 Å². The van der Waals surface area contributed by atoms with Crippen molar-refractivity contribution in [3.63, 3.8) is 0 Å². The summed E-state index contributed by atoms with van der Waals surface area (Å²) >= 11 is 1.34. The van der Waals surface area contributed by atoms with Crippen LogP contribution in [-0.2, 0) is 4.79 Å². The van der Waals surface area contributed by atoms with Crippen molar-refractivity contribution in [3.8, 4) is 11.3 Å². The molecule has 116 valence electrons. The summed E-state index contributed by atoms with van der Waals surface area (Å²) in [5.74, 6) is -0.0716. The molecule has 6 heteroatoms. The average Bonchev–Trinajstić information content (AvgIpc) is 2.60. The number of nitrogens with zero attached hydrogens (tertiary/aromatic N) is 2. The Hall–Kier alpha value is -2.47. The van der Waals surface area contributed by atoms with E-state index in [4.69, 9.17) is 0 Å². The van der Waals surface area contributed by atoms with E-state index in [1.165, 1.54) is 23.9 Å². The molecule has 1 aromatic heterocycles. The lowest BCUT2D eigenvalue weighted by atomic mass is 10.1. The van der Waals surface area contributed by atoms with E-state index in [1.807, 2.05) is 24.3 Å². The first-order chi connectivity index (χ1) is 11.2. The minimum atomic E-state index is -0.288. The van der Waals surface area contributed by atoms with Gasteiger partial charge in [-0.1, -0.05) is 36.0 Å². The zero-order valence-electron chi connectivity index (χ0n) is 12.4. The molecule has 0 aliphatic carbocycles. The van der Waals surface area contributed by atoms with E-state index in [0.717, 1.165) is 16.3 Å². The molecule has 4 nitrogen and oxygen atoms in total. The van der Waals surface area contributed by atoms with Gasteiger partial charge in [-0.3, -0.25) is 4.79 Å². The Labute approximate surface area is 137 Å². The van der Waals surface area contributed by atoms with E-state index in [-0.39, 0.29) is 17.5 Å². The fraction of sp³-hybridized carbons (Fsp3) is 0.118. The molecule has 3 rings (SSSR count). The van der Waals surface area contributed by atoms with Gasteiger partial charge >= 0.3 is 0 Å². The third kappa shape index (κ3) is 3.32. The van der Waals surface area contributed by atoms with Gasteiger partial charge in [-0.15, -0.1) is 10.2 Å². The van der Waals surface area contributed by atoms with Crippen molar-refractivity contribution in [3.05, 3.63) is 54.3 Å². The predicted molar refractivity (Wildman–Crippen MR) is 89.7 cm³/mol. The quantitative estimate of drug-likeness (QED) is 0.747. The molecule has 0 atom stereocenters. The fourth-order valence-electron chi connectivity index (χ4n) is 2.21. The molecule has 0 aliphatic rings. The van der Waals surface area contributed by atoms with Crippen LogP contribution in [0.15, 0.2) is 53.6 Å². The molecule has 23 heavy (non-hydrogen) atoms. The highest BCUT2D eigenvalue weighted by Gasteiger charge is 2.12. The van der Waals surface area contributed by atoms with Crippen LogP contribution in [0.25, 0.3) is 22.0 Å². The van der Waals surface area contributed by atoms with Crippen LogP contribution in [0.2, 0.25) is 0 Å². The van der Waals surface area contributed by atoms with Gasteiger partial charge in [0.1, 0.15) is 16.5 Å². The van der Waals surface area contributed by atoms with Crippen molar-refractivity contribution < 1.29 is 9.18 Å². The van der Waals surface area contributed by atoms with Gasteiger partial charge < -0.3 is 5.32 Å². The van der Waals surface area contributed by atoms with E-state index in [9.17, 15) is 9.18 Å². The standard InChI is InChI=1S/C17H14FN3OS/c1-19-15(22)10-23-17-14-5-3-2-4-13(14)16(20-21-17)11-6-8-12(18)9-7-11/h2-9H,10H2,1H3,(H,19,22). The van der Waals surface area contributed by atoms with Gasteiger partial charge in [0.25, 0.3) is 0 Å². The predicted octanol–water partition coefficient (Wildman–Crippen LogP) is 3.27. The maximum absolute atomic E-state index is 13.1. The van der Waals surface area contributed by atoms with Crippen molar-refractivity contribution in [2.75, 3.05) is 12.8 Å². The Morgan fingerprint density at radius 2 is 1.78 bits per heavy atom. The number of nitrogens with one attached hydrogen (secondary N) is 1. The lowest BCUT2D eigenvalue weighted by molar-refractivity contribution is -0.118. The van der Waals surface area contributed by atoms with Gasteiger partial charge in [0.05, 0.1) is 5.75 Å². The molecule has 2 aromatic carbocycles. The smallest absolute Gasteiger partial charge is 0.230 e. The van der Waals surface area contributed by atoms with Crippen molar-refractivity contribution in [2.24, 2.45) is 0 Å². The van der Waals surface area contributed by atoms with E-state index >= 15 is 0 Å². The average molecular weight is 327 g/mol. The number of aromatic nitrogens is 2.